The third-order valence-corrected chi connectivity index (χ3v) is 4.69. The minimum absolute atomic E-state index is 0.409. The van der Waals surface area contributed by atoms with Crippen molar-refractivity contribution in [1.29, 1.82) is 0 Å². The molecule has 24 heavy (non-hydrogen) atoms. The van der Waals surface area contributed by atoms with E-state index in [-0.39, 0.29) is 0 Å². The van der Waals surface area contributed by atoms with Gasteiger partial charge in [-0.3, -0.25) is 0 Å². The summed E-state index contributed by atoms with van der Waals surface area (Å²) in [5.74, 6) is 0.814. The number of hydrogen-bond acceptors (Lipinski definition) is 5. The van der Waals surface area contributed by atoms with Crippen molar-refractivity contribution in [2.45, 2.75) is 32.7 Å². The molecule has 0 radical (unpaired) electrons. The third kappa shape index (κ3) is 2.73. The van der Waals surface area contributed by atoms with Gasteiger partial charge in [-0.25, -0.2) is 14.6 Å². The summed E-state index contributed by atoms with van der Waals surface area (Å²) in [5, 5.41) is 12.4. The molecule has 2 N–H and O–H groups in total. The van der Waals surface area contributed by atoms with Crippen LogP contribution in [0.1, 0.15) is 30.0 Å². The second-order valence-corrected chi connectivity index (χ2v) is 6.47. The summed E-state index contributed by atoms with van der Waals surface area (Å²) < 4.78 is 2.06. The van der Waals surface area contributed by atoms with Crippen LogP contribution in [0.3, 0.4) is 0 Å². The maximum Gasteiger partial charge on any atom is 0.163 e. The summed E-state index contributed by atoms with van der Waals surface area (Å²) in [5.41, 5.74) is 4.39. The molecule has 1 fully saturated rings. The number of benzene rings is 1. The number of aryl methyl sites for hydroxylation is 2. The van der Waals surface area contributed by atoms with Crippen LogP contribution >= 0.6 is 0 Å². The fraction of sp³-hybridized carbons (Fsp3) is 0.389. The first kappa shape index (κ1) is 15.1. The number of hydrogen-bond donors (Lipinski definition) is 2. The lowest BCUT2D eigenvalue weighted by Gasteiger charge is -2.23. The fourth-order valence-electron chi connectivity index (χ4n) is 3.28. The predicted octanol–water partition coefficient (Wildman–Crippen LogP) is 3.11. The summed E-state index contributed by atoms with van der Waals surface area (Å²) in [4.78, 5) is 8.93. The van der Waals surface area contributed by atoms with E-state index < -0.39 is 0 Å². The highest BCUT2D eigenvalue weighted by atomic mass is 15.3. The highest BCUT2D eigenvalue weighted by Crippen LogP contribution is 2.28. The van der Waals surface area contributed by atoms with Crippen LogP contribution < -0.4 is 10.6 Å². The van der Waals surface area contributed by atoms with E-state index in [1.807, 2.05) is 6.20 Å². The molecule has 6 heteroatoms. The van der Waals surface area contributed by atoms with Gasteiger partial charge in [-0.15, -0.1) is 0 Å². The molecule has 0 bridgehead atoms. The molecule has 0 amide bonds. The van der Waals surface area contributed by atoms with E-state index in [4.69, 9.17) is 0 Å². The maximum absolute atomic E-state index is 4.61. The number of nitrogens with zero attached hydrogens (tertiary/aromatic N) is 4. The van der Waals surface area contributed by atoms with Gasteiger partial charge in [-0.2, -0.15) is 5.10 Å². The van der Waals surface area contributed by atoms with Crippen LogP contribution in [-0.2, 0) is 0 Å². The average molecular weight is 322 g/mol. The Labute approximate surface area is 141 Å². The SMILES string of the molecule is Cc1ccc(C)c(Nc2ncnc3c2cnn3C2CCNCC2)c1. The van der Waals surface area contributed by atoms with Crippen molar-refractivity contribution in [2.75, 3.05) is 18.4 Å². The molecule has 1 aliphatic rings. The Morgan fingerprint density at radius 2 is 2.00 bits per heavy atom. The normalized spacial score (nSPS) is 15.8. The Hall–Kier alpha value is -2.47. The largest absolute Gasteiger partial charge is 0.339 e. The highest BCUT2D eigenvalue weighted by Gasteiger charge is 2.19. The first-order valence-corrected chi connectivity index (χ1v) is 8.45. The van der Waals surface area contributed by atoms with Crippen molar-refractivity contribution < 1.29 is 0 Å². The topological polar surface area (TPSA) is 67.7 Å². The second-order valence-electron chi connectivity index (χ2n) is 6.47. The molecule has 1 aromatic carbocycles. The fourth-order valence-corrected chi connectivity index (χ4v) is 3.28. The van der Waals surface area contributed by atoms with Crippen molar-refractivity contribution in [1.82, 2.24) is 25.1 Å². The maximum atomic E-state index is 4.61. The molecule has 2 aromatic heterocycles. The Balaban J connectivity index is 1.71. The number of anilines is 2. The van der Waals surface area contributed by atoms with E-state index in [0.29, 0.717) is 6.04 Å². The number of fused-ring (bicyclic) bond motifs is 1. The molecular formula is C18H22N6. The van der Waals surface area contributed by atoms with Crippen LogP contribution in [-0.4, -0.2) is 32.8 Å². The van der Waals surface area contributed by atoms with Crippen LogP contribution in [0, 0.1) is 13.8 Å². The minimum atomic E-state index is 0.409. The van der Waals surface area contributed by atoms with Crippen molar-refractivity contribution in [2.24, 2.45) is 0 Å². The van der Waals surface area contributed by atoms with Crippen LogP contribution in [0.4, 0.5) is 11.5 Å². The molecule has 0 aliphatic carbocycles. The lowest BCUT2D eigenvalue weighted by atomic mass is 10.1. The number of aromatic nitrogens is 4. The first-order chi connectivity index (χ1) is 11.7. The van der Waals surface area contributed by atoms with Gasteiger partial charge in [0.1, 0.15) is 12.1 Å². The zero-order valence-corrected chi connectivity index (χ0v) is 14.1. The smallest absolute Gasteiger partial charge is 0.163 e. The monoisotopic (exact) mass is 322 g/mol. The van der Waals surface area contributed by atoms with E-state index >= 15 is 0 Å². The summed E-state index contributed by atoms with van der Waals surface area (Å²) in [6, 6.07) is 6.78. The molecule has 3 heterocycles. The van der Waals surface area contributed by atoms with E-state index in [1.165, 1.54) is 11.1 Å². The van der Waals surface area contributed by atoms with E-state index in [0.717, 1.165) is 48.5 Å². The van der Waals surface area contributed by atoms with E-state index in [2.05, 4.69) is 62.4 Å². The molecule has 4 rings (SSSR count). The Bertz CT molecular complexity index is 863. The standard InChI is InChI=1S/C18H22N6/c1-12-3-4-13(2)16(9-12)23-17-15-10-22-24(18(15)21-11-20-17)14-5-7-19-8-6-14/h3-4,9-11,14,19H,5-8H2,1-2H3,(H,20,21,23). The van der Waals surface area contributed by atoms with Crippen LogP contribution in [0.25, 0.3) is 11.0 Å². The third-order valence-electron chi connectivity index (χ3n) is 4.69. The van der Waals surface area contributed by atoms with Crippen LogP contribution in [0.5, 0.6) is 0 Å². The van der Waals surface area contributed by atoms with Crippen LogP contribution in [0.15, 0.2) is 30.7 Å². The van der Waals surface area contributed by atoms with Crippen molar-refractivity contribution >= 4 is 22.5 Å². The molecule has 0 spiro atoms. The molecule has 6 nitrogen and oxygen atoms in total. The Morgan fingerprint density at radius 3 is 2.83 bits per heavy atom. The van der Waals surface area contributed by atoms with Gasteiger partial charge in [0.05, 0.1) is 17.6 Å². The average Bonchev–Trinajstić information content (AvgIpc) is 3.04. The molecule has 0 saturated carbocycles. The predicted molar refractivity (Wildman–Crippen MR) is 95.7 cm³/mol. The zero-order valence-electron chi connectivity index (χ0n) is 14.1. The number of rotatable bonds is 3. The van der Waals surface area contributed by atoms with Gasteiger partial charge in [-0.05, 0) is 57.0 Å². The van der Waals surface area contributed by atoms with Gasteiger partial charge in [0.15, 0.2) is 5.65 Å². The quantitative estimate of drug-likeness (QED) is 0.775. The second kappa shape index (κ2) is 6.20. The molecule has 3 aromatic rings. The molecule has 0 unspecified atom stereocenters. The van der Waals surface area contributed by atoms with Gasteiger partial charge in [0.25, 0.3) is 0 Å². The van der Waals surface area contributed by atoms with Gasteiger partial charge in [0.2, 0.25) is 0 Å². The van der Waals surface area contributed by atoms with Gasteiger partial charge >= 0.3 is 0 Å². The number of nitrogens with one attached hydrogen (secondary N) is 2. The molecule has 1 saturated heterocycles. The summed E-state index contributed by atoms with van der Waals surface area (Å²) in [6.07, 6.45) is 5.67. The van der Waals surface area contributed by atoms with Crippen molar-refractivity contribution in [3.05, 3.63) is 41.9 Å². The summed E-state index contributed by atoms with van der Waals surface area (Å²) >= 11 is 0. The molecule has 0 atom stereocenters. The van der Waals surface area contributed by atoms with E-state index in [9.17, 15) is 0 Å². The van der Waals surface area contributed by atoms with Crippen molar-refractivity contribution in [3.63, 3.8) is 0 Å². The lowest BCUT2D eigenvalue weighted by molar-refractivity contribution is 0.349. The molecule has 1 aliphatic heterocycles. The van der Waals surface area contributed by atoms with Gasteiger partial charge in [-0.1, -0.05) is 12.1 Å². The lowest BCUT2D eigenvalue weighted by Crippen LogP contribution is -2.29. The zero-order chi connectivity index (χ0) is 16.5. The number of piperidine rings is 1. The minimum Gasteiger partial charge on any atom is -0.339 e. The first-order valence-electron chi connectivity index (χ1n) is 8.45. The van der Waals surface area contributed by atoms with Crippen LogP contribution in [0.2, 0.25) is 0 Å². The summed E-state index contributed by atoms with van der Waals surface area (Å²) in [6.45, 7) is 6.25. The summed E-state index contributed by atoms with van der Waals surface area (Å²) in [7, 11) is 0. The molecular weight excluding hydrogens is 300 g/mol. The van der Waals surface area contributed by atoms with Crippen molar-refractivity contribution in [3.8, 4) is 0 Å². The van der Waals surface area contributed by atoms with Gasteiger partial charge < -0.3 is 10.6 Å². The Morgan fingerprint density at radius 1 is 1.17 bits per heavy atom. The van der Waals surface area contributed by atoms with Gasteiger partial charge in [0, 0.05) is 5.69 Å². The van der Waals surface area contributed by atoms with E-state index in [1.54, 1.807) is 6.33 Å². The Kier molecular flexibility index (Phi) is 3.90. The highest BCUT2D eigenvalue weighted by molar-refractivity contribution is 5.88. The molecule has 124 valence electrons.